The Hall–Kier alpha value is -4.97. The highest BCUT2D eigenvalue weighted by atomic mass is 32.2. The Morgan fingerprint density at radius 3 is 1.60 bits per heavy atom. The third kappa shape index (κ3) is 5.75. The van der Waals surface area contributed by atoms with E-state index in [1.165, 1.54) is 54.6 Å². The molecule has 0 radical (unpaired) electrons. The molecule has 0 saturated carbocycles. The summed E-state index contributed by atoms with van der Waals surface area (Å²) in [7, 11) is -9.28. The minimum absolute atomic E-state index is 0.0808. The second-order valence-corrected chi connectivity index (χ2v) is 11.5. The molecule has 42 heavy (non-hydrogen) atoms. The van der Waals surface area contributed by atoms with Gasteiger partial charge in [-0.15, -0.1) is 0 Å². The molecule has 5 rings (SSSR count). The van der Waals surface area contributed by atoms with Crippen molar-refractivity contribution in [2.45, 2.75) is 16.7 Å². The fourth-order valence-electron chi connectivity index (χ4n) is 4.16. The van der Waals surface area contributed by atoms with Gasteiger partial charge in [0.25, 0.3) is 32.1 Å². The molecule has 0 saturated heterocycles. The molecule has 4 aromatic rings. The third-order valence-corrected chi connectivity index (χ3v) is 7.82. The van der Waals surface area contributed by atoms with Gasteiger partial charge in [-0.3, -0.25) is 23.6 Å². The zero-order valence-corrected chi connectivity index (χ0v) is 23.1. The third-order valence-electron chi connectivity index (χ3n) is 6.00. The van der Waals surface area contributed by atoms with Crippen LogP contribution in [0.15, 0.2) is 76.5 Å². The van der Waals surface area contributed by atoms with Crippen molar-refractivity contribution >= 4 is 67.0 Å². The maximum absolute atomic E-state index is 12.7. The van der Waals surface area contributed by atoms with Gasteiger partial charge in [0.2, 0.25) is 17.8 Å². The molecule has 216 valence electrons. The molecule has 2 heterocycles. The molecule has 15 nitrogen and oxygen atoms in total. The Balaban J connectivity index is 1.56. The summed E-state index contributed by atoms with van der Waals surface area (Å²) in [5, 5.41) is 8.26. The van der Waals surface area contributed by atoms with Crippen LogP contribution >= 0.6 is 0 Å². The Morgan fingerprint density at radius 1 is 0.667 bits per heavy atom. The Labute approximate surface area is 239 Å². The maximum Gasteiger partial charge on any atom is 0.296 e. The summed E-state index contributed by atoms with van der Waals surface area (Å²) >= 11 is 0. The fourth-order valence-corrected chi connectivity index (χ4v) is 5.45. The first-order chi connectivity index (χ1) is 19.8. The summed E-state index contributed by atoms with van der Waals surface area (Å²) in [6.07, 6.45) is 0. The van der Waals surface area contributed by atoms with E-state index in [0.29, 0.717) is 5.69 Å². The monoisotopic (exact) mass is 611 g/mol. The zero-order valence-electron chi connectivity index (χ0n) is 21.5. The lowest BCUT2D eigenvalue weighted by Gasteiger charge is -2.14. The van der Waals surface area contributed by atoms with Crippen molar-refractivity contribution in [3.05, 3.63) is 77.9 Å². The predicted molar refractivity (Wildman–Crippen MR) is 150 cm³/mol. The van der Waals surface area contributed by atoms with Gasteiger partial charge in [0.15, 0.2) is 0 Å². The number of para-hydroxylation sites is 2. The smallest absolute Gasteiger partial charge is 0.296 e. The molecule has 0 spiro atoms. The van der Waals surface area contributed by atoms with Crippen molar-refractivity contribution < 1.29 is 35.5 Å². The van der Waals surface area contributed by atoms with Crippen LogP contribution < -0.4 is 16.0 Å². The van der Waals surface area contributed by atoms with Gasteiger partial charge in [0, 0.05) is 12.2 Å². The molecule has 1 aliphatic rings. The number of anilines is 6. The highest BCUT2D eigenvalue weighted by Crippen LogP contribution is 2.29. The van der Waals surface area contributed by atoms with Crippen molar-refractivity contribution in [3.63, 3.8) is 0 Å². The molecule has 17 heteroatoms. The first kappa shape index (κ1) is 28.6. The van der Waals surface area contributed by atoms with E-state index in [-0.39, 0.29) is 46.9 Å². The lowest BCUT2D eigenvalue weighted by Crippen LogP contribution is -2.29. The Bertz CT molecular complexity index is 1870. The molecule has 2 amide bonds. The van der Waals surface area contributed by atoms with E-state index >= 15 is 0 Å². The molecular weight excluding hydrogens is 590 g/mol. The number of hydrogen-bond acceptors (Lipinski definition) is 12. The van der Waals surface area contributed by atoms with Crippen LogP contribution in [0.2, 0.25) is 0 Å². The van der Waals surface area contributed by atoms with Gasteiger partial charge in [-0.05, 0) is 49.4 Å². The SMILES string of the molecule is CCN1C(=O)c2ccc(Nc3nc(Nc4ccccc4S(=O)(=O)O)nc(Nc4ccccc4S(=O)(=O)O)n3)cc2C1=O. The summed E-state index contributed by atoms with van der Waals surface area (Å²) in [5.41, 5.74) is 0.552. The van der Waals surface area contributed by atoms with Gasteiger partial charge in [0.1, 0.15) is 9.79 Å². The zero-order chi connectivity index (χ0) is 30.2. The van der Waals surface area contributed by atoms with Crippen LogP contribution in [0.5, 0.6) is 0 Å². The maximum atomic E-state index is 12.7. The summed E-state index contributed by atoms with van der Waals surface area (Å²) < 4.78 is 66.8. The van der Waals surface area contributed by atoms with E-state index in [0.717, 1.165) is 17.0 Å². The second kappa shape index (κ2) is 10.8. The molecule has 1 aliphatic heterocycles. The van der Waals surface area contributed by atoms with Gasteiger partial charge >= 0.3 is 0 Å². The van der Waals surface area contributed by atoms with Gasteiger partial charge in [-0.1, -0.05) is 24.3 Å². The van der Waals surface area contributed by atoms with Gasteiger partial charge in [-0.25, -0.2) is 0 Å². The molecule has 3 aromatic carbocycles. The largest absolute Gasteiger partial charge is 0.324 e. The molecule has 0 atom stereocenters. The molecule has 1 aromatic heterocycles. The Kier molecular flexibility index (Phi) is 7.33. The first-order valence-electron chi connectivity index (χ1n) is 12.1. The number of aromatic nitrogens is 3. The Morgan fingerprint density at radius 2 is 1.12 bits per heavy atom. The van der Waals surface area contributed by atoms with Gasteiger partial charge in [-0.2, -0.15) is 31.8 Å². The first-order valence-corrected chi connectivity index (χ1v) is 14.9. The number of amides is 2. The van der Waals surface area contributed by atoms with Crippen molar-refractivity contribution in [1.82, 2.24) is 19.9 Å². The lowest BCUT2D eigenvalue weighted by atomic mass is 10.1. The number of carbonyl (C=O) groups excluding carboxylic acids is 2. The van der Waals surface area contributed by atoms with Gasteiger partial charge in [0.05, 0.1) is 22.5 Å². The van der Waals surface area contributed by atoms with E-state index in [2.05, 4.69) is 30.9 Å². The van der Waals surface area contributed by atoms with E-state index in [4.69, 9.17) is 0 Å². The molecule has 0 unspecified atom stereocenters. The summed E-state index contributed by atoms with van der Waals surface area (Å²) in [6, 6.07) is 15.2. The number of hydrogen-bond donors (Lipinski definition) is 5. The highest BCUT2D eigenvalue weighted by Gasteiger charge is 2.34. The number of imide groups is 1. The molecule has 0 aliphatic carbocycles. The minimum Gasteiger partial charge on any atom is -0.324 e. The van der Waals surface area contributed by atoms with Crippen molar-refractivity contribution in [2.75, 3.05) is 22.5 Å². The number of benzene rings is 3. The summed E-state index contributed by atoms with van der Waals surface area (Å²) in [6.45, 7) is 1.87. The quantitative estimate of drug-likeness (QED) is 0.135. The van der Waals surface area contributed by atoms with Crippen LogP contribution in [0.25, 0.3) is 0 Å². The minimum atomic E-state index is -4.64. The molecule has 0 fully saturated rings. The number of nitrogens with one attached hydrogen (secondary N) is 3. The normalized spacial score (nSPS) is 13.2. The molecule has 0 bridgehead atoms. The van der Waals surface area contributed by atoms with Crippen LogP contribution in [0.1, 0.15) is 27.6 Å². The standard InChI is InChI=1S/C25H21N7O8S2/c1-2-32-21(33)15-12-11-14(13-16(15)22(32)34)26-23-29-24(27-17-7-3-5-9-19(17)41(35,36)37)31-25(30-23)28-18-8-4-6-10-20(18)42(38,39)40/h3-13H,2H2,1H3,(H,35,36,37)(H,38,39,40)(H3,26,27,28,29,30,31). The van der Waals surface area contributed by atoms with Crippen LogP contribution in [0.4, 0.5) is 34.9 Å². The van der Waals surface area contributed by atoms with Crippen molar-refractivity contribution in [2.24, 2.45) is 0 Å². The van der Waals surface area contributed by atoms with Crippen LogP contribution in [0.3, 0.4) is 0 Å². The average molecular weight is 612 g/mol. The summed E-state index contributed by atoms with van der Waals surface area (Å²) in [4.78, 5) is 37.9. The number of nitrogens with zero attached hydrogens (tertiary/aromatic N) is 4. The van der Waals surface area contributed by atoms with E-state index in [9.17, 15) is 35.5 Å². The topological polar surface area (TPSA) is 221 Å². The van der Waals surface area contributed by atoms with Crippen LogP contribution in [0, 0.1) is 0 Å². The fraction of sp³-hybridized carbons (Fsp3) is 0.0800. The van der Waals surface area contributed by atoms with Gasteiger partial charge < -0.3 is 16.0 Å². The van der Waals surface area contributed by atoms with Crippen LogP contribution in [-0.4, -0.2) is 64.2 Å². The highest BCUT2D eigenvalue weighted by molar-refractivity contribution is 7.86. The van der Waals surface area contributed by atoms with Crippen molar-refractivity contribution in [1.29, 1.82) is 0 Å². The predicted octanol–water partition coefficient (Wildman–Crippen LogP) is 3.21. The van der Waals surface area contributed by atoms with E-state index in [1.54, 1.807) is 6.92 Å². The van der Waals surface area contributed by atoms with E-state index in [1.807, 2.05) is 0 Å². The number of rotatable bonds is 9. The molecule has 5 N–H and O–H groups in total. The molecular formula is C25H21N7O8S2. The van der Waals surface area contributed by atoms with Crippen LogP contribution in [-0.2, 0) is 20.2 Å². The van der Waals surface area contributed by atoms with E-state index < -0.39 is 41.8 Å². The second-order valence-electron chi connectivity index (χ2n) is 8.74. The summed E-state index contributed by atoms with van der Waals surface area (Å²) in [5.74, 6) is -1.50. The van der Waals surface area contributed by atoms with Crippen molar-refractivity contribution in [3.8, 4) is 0 Å². The number of fused-ring (bicyclic) bond motifs is 1. The average Bonchev–Trinajstić information content (AvgIpc) is 3.16. The number of carbonyl (C=O) groups is 2. The lowest BCUT2D eigenvalue weighted by molar-refractivity contribution is 0.0662.